The number of alkyl carbamates (subject to hydrolysis) is 1. The van der Waals surface area contributed by atoms with E-state index in [1.165, 1.54) is 0 Å². The minimum atomic E-state index is -0.893. The molecule has 2 rings (SSSR count). The van der Waals surface area contributed by atoms with Gasteiger partial charge in [-0.1, -0.05) is 49.4 Å². The maximum Gasteiger partial charge on any atom is 0.407 e. The molecular formula is C24H31NO5. The number of aliphatic carboxylic acids is 1. The molecule has 0 aliphatic heterocycles. The molecule has 1 amide bonds. The number of hydrogen-bond donors (Lipinski definition) is 2. The van der Waals surface area contributed by atoms with Crippen molar-refractivity contribution in [3.05, 3.63) is 65.7 Å². The highest BCUT2D eigenvalue weighted by molar-refractivity contribution is 5.70. The van der Waals surface area contributed by atoms with Gasteiger partial charge in [-0.05, 0) is 56.9 Å². The molecule has 0 heterocycles. The van der Waals surface area contributed by atoms with E-state index in [2.05, 4.69) is 5.32 Å². The zero-order valence-electron chi connectivity index (χ0n) is 18.1. The van der Waals surface area contributed by atoms with Crippen LogP contribution in [0.1, 0.15) is 45.2 Å². The van der Waals surface area contributed by atoms with Crippen LogP contribution in [0.15, 0.2) is 54.6 Å². The number of carboxylic acids is 1. The van der Waals surface area contributed by atoms with Crippen molar-refractivity contribution in [1.29, 1.82) is 0 Å². The Morgan fingerprint density at radius 3 is 2.20 bits per heavy atom. The molecule has 2 aromatic rings. The van der Waals surface area contributed by atoms with Gasteiger partial charge in [-0.2, -0.15) is 0 Å². The Kier molecular flexibility index (Phi) is 8.27. The summed E-state index contributed by atoms with van der Waals surface area (Å²) >= 11 is 0. The van der Waals surface area contributed by atoms with E-state index in [-0.39, 0.29) is 6.04 Å². The molecule has 0 radical (unpaired) electrons. The Balaban J connectivity index is 1.99. The lowest BCUT2D eigenvalue weighted by Gasteiger charge is -2.24. The van der Waals surface area contributed by atoms with Crippen molar-refractivity contribution in [3.63, 3.8) is 0 Å². The Bertz CT molecular complexity index is 812. The third-order valence-corrected chi connectivity index (χ3v) is 4.43. The average molecular weight is 414 g/mol. The van der Waals surface area contributed by atoms with Gasteiger partial charge in [-0.25, -0.2) is 4.79 Å². The molecule has 30 heavy (non-hydrogen) atoms. The fourth-order valence-electron chi connectivity index (χ4n) is 2.94. The summed E-state index contributed by atoms with van der Waals surface area (Å²) in [6.07, 6.45) is 0.254. The number of hydrogen-bond acceptors (Lipinski definition) is 4. The van der Waals surface area contributed by atoms with Crippen LogP contribution in [-0.2, 0) is 22.6 Å². The van der Waals surface area contributed by atoms with Crippen LogP contribution in [0.3, 0.4) is 0 Å². The van der Waals surface area contributed by atoms with Crippen LogP contribution in [0.5, 0.6) is 5.75 Å². The molecule has 0 bridgehead atoms. The van der Waals surface area contributed by atoms with Crippen LogP contribution < -0.4 is 10.1 Å². The molecule has 0 saturated heterocycles. The minimum absolute atomic E-state index is 0.306. The van der Waals surface area contributed by atoms with Gasteiger partial charge in [-0.15, -0.1) is 0 Å². The second-order valence-electron chi connectivity index (χ2n) is 8.44. The highest BCUT2D eigenvalue weighted by atomic mass is 16.6. The van der Waals surface area contributed by atoms with Crippen molar-refractivity contribution in [2.24, 2.45) is 5.92 Å². The fourth-order valence-corrected chi connectivity index (χ4v) is 2.94. The maximum atomic E-state index is 12.2. The molecule has 6 nitrogen and oxygen atoms in total. The molecule has 0 saturated carbocycles. The van der Waals surface area contributed by atoms with Gasteiger partial charge in [0.2, 0.25) is 0 Å². The molecule has 2 aromatic carbocycles. The number of amides is 1. The Hall–Kier alpha value is -3.02. The van der Waals surface area contributed by atoms with Crippen molar-refractivity contribution in [2.45, 2.75) is 58.8 Å². The molecule has 2 atom stereocenters. The maximum absolute atomic E-state index is 12.2. The van der Waals surface area contributed by atoms with Gasteiger partial charge in [0.25, 0.3) is 0 Å². The lowest BCUT2D eigenvalue weighted by atomic mass is 9.96. The number of nitrogens with one attached hydrogen (secondary N) is 1. The zero-order chi connectivity index (χ0) is 22.1. The van der Waals surface area contributed by atoms with Crippen LogP contribution in [-0.4, -0.2) is 28.8 Å². The largest absolute Gasteiger partial charge is 0.489 e. The first-order valence-electron chi connectivity index (χ1n) is 10.1. The topological polar surface area (TPSA) is 84.9 Å². The Morgan fingerprint density at radius 2 is 1.63 bits per heavy atom. The quantitative estimate of drug-likeness (QED) is 0.616. The van der Waals surface area contributed by atoms with Gasteiger partial charge < -0.3 is 19.9 Å². The summed E-state index contributed by atoms with van der Waals surface area (Å²) in [5.74, 6) is -0.729. The molecule has 162 valence electrons. The molecule has 0 aromatic heterocycles. The van der Waals surface area contributed by atoms with Crippen molar-refractivity contribution >= 4 is 12.1 Å². The van der Waals surface area contributed by atoms with Gasteiger partial charge in [0.15, 0.2) is 0 Å². The van der Waals surface area contributed by atoms with Crippen molar-refractivity contribution in [1.82, 2.24) is 5.32 Å². The molecular weight excluding hydrogens is 382 g/mol. The summed E-state index contributed by atoms with van der Waals surface area (Å²) in [5, 5.41) is 12.1. The number of carboxylic acid groups (broad SMARTS) is 1. The van der Waals surface area contributed by atoms with E-state index in [4.69, 9.17) is 9.47 Å². The smallest absolute Gasteiger partial charge is 0.407 e. The predicted molar refractivity (Wildman–Crippen MR) is 115 cm³/mol. The summed E-state index contributed by atoms with van der Waals surface area (Å²) in [7, 11) is 0. The highest BCUT2D eigenvalue weighted by Crippen LogP contribution is 2.18. The van der Waals surface area contributed by atoms with Crippen LogP contribution in [0.2, 0.25) is 0 Å². The number of rotatable bonds is 9. The lowest BCUT2D eigenvalue weighted by Crippen LogP contribution is -2.41. The van der Waals surface area contributed by atoms with Crippen LogP contribution in [0.25, 0.3) is 0 Å². The van der Waals surface area contributed by atoms with Gasteiger partial charge in [-0.3, -0.25) is 4.79 Å². The molecule has 0 unspecified atom stereocenters. The van der Waals surface area contributed by atoms with E-state index >= 15 is 0 Å². The van der Waals surface area contributed by atoms with Gasteiger partial charge in [0.1, 0.15) is 18.0 Å². The van der Waals surface area contributed by atoms with Crippen LogP contribution in [0, 0.1) is 5.92 Å². The van der Waals surface area contributed by atoms with Crippen molar-refractivity contribution < 1.29 is 24.2 Å². The van der Waals surface area contributed by atoms with Crippen LogP contribution in [0.4, 0.5) is 4.79 Å². The third kappa shape index (κ3) is 8.55. The summed E-state index contributed by atoms with van der Waals surface area (Å²) in [6, 6.07) is 17.2. The third-order valence-electron chi connectivity index (χ3n) is 4.43. The van der Waals surface area contributed by atoms with Crippen LogP contribution >= 0.6 is 0 Å². The highest BCUT2D eigenvalue weighted by Gasteiger charge is 2.23. The van der Waals surface area contributed by atoms with E-state index in [0.717, 1.165) is 16.9 Å². The first-order valence-corrected chi connectivity index (χ1v) is 10.1. The standard InChI is InChI=1S/C24H31NO5/c1-17(22(26)27)14-20(25-23(28)30-24(2,3)4)15-18-10-12-21(13-11-18)29-16-19-8-6-5-7-9-19/h5-13,17,20H,14-16H2,1-4H3,(H,25,28)(H,26,27)/t17-,20+/m0/s1. The zero-order valence-corrected chi connectivity index (χ0v) is 18.1. The van der Waals surface area contributed by atoms with E-state index in [1.54, 1.807) is 27.7 Å². The number of carbonyl (C=O) groups excluding carboxylic acids is 1. The number of carbonyl (C=O) groups is 2. The SMILES string of the molecule is C[C@@H](C[C@H](Cc1ccc(OCc2ccccc2)cc1)NC(=O)OC(C)(C)C)C(=O)O. The molecule has 0 spiro atoms. The predicted octanol–water partition coefficient (Wildman–Crippen LogP) is 4.81. The summed E-state index contributed by atoms with van der Waals surface area (Å²) in [5.41, 5.74) is 1.44. The molecule has 6 heteroatoms. The lowest BCUT2D eigenvalue weighted by molar-refractivity contribution is -0.141. The summed E-state index contributed by atoms with van der Waals surface area (Å²) in [4.78, 5) is 23.5. The molecule has 2 N–H and O–H groups in total. The Labute approximate surface area is 178 Å². The first-order chi connectivity index (χ1) is 14.1. The normalized spacial score (nSPS) is 13.2. The van der Waals surface area contributed by atoms with Gasteiger partial charge >= 0.3 is 12.1 Å². The Morgan fingerprint density at radius 1 is 1.00 bits per heavy atom. The second kappa shape index (κ2) is 10.7. The minimum Gasteiger partial charge on any atom is -0.489 e. The fraction of sp³-hybridized carbons (Fsp3) is 0.417. The molecule has 0 aliphatic rings. The number of ether oxygens (including phenoxy) is 2. The van der Waals surface area contributed by atoms with Gasteiger partial charge in [0.05, 0.1) is 5.92 Å². The van der Waals surface area contributed by atoms with Gasteiger partial charge in [0, 0.05) is 6.04 Å². The summed E-state index contributed by atoms with van der Waals surface area (Å²) < 4.78 is 11.1. The molecule has 0 aliphatic carbocycles. The summed E-state index contributed by atoms with van der Waals surface area (Å²) in [6.45, 7) is 7.48. The van der Waals surface area contributed by atoms with Crippen molar-refractivity contribution in [2.75, 3.05) is 0 Å². The van der Waals surface area contributed by atoms with E-state index in [0.29, 0.717) is 19.4 Å². The average Bonchev–Trinajstić information content (AvgIpc) is 2.66. The van der Waals surface area contributed by atoms with Crippen molar-refractivity contribution in [3.8, 4) is 5.75 Å². The molecule has 0 fully saturated rings. The van der Waals surface area contributed by atoms with E-state index in [1.807, 2.05) is 54.6 Å². The second-order valence-corrected chi connectivity index (χ2v) is 8.44. The first kappa shape index (κ1) is 23.3. The van der Waals surface area contributed by atoms with E-state index < -0.39 is 23.6 Å². The van der Waals surface area contributed by atoms with E-state index in [9.17, 15) is 14.7 Å². The number of benzene rings is 2. The monoisotopic (exact) mass is 413 g/mol.